The average molecular weight is 2010 g/mol. The zero-order valence-corrected chi connectivity index (χ0v) is 75.8. The first-order valence-electron chi connectivity index (χ1n) is 43.5. The van der Waals surface area contributed by atoms with Crippen molar-refractivity contribution in [3.05, 3.63) is 0 Å². The SMILES string of the molecule is CC(=O)N[C@@H]1[C@@H](O[C@@H]2O[C@@H](C)[C@@H](O)[C@@H](O)[C@@H]2O)[C@H](O[C@@H]2O[C@H](CO)[C@H](O)[C@H](O[C@]3(C(=O)O)C[C@H](O)[C@@H](NC(C)=O)[C@H]([C@H](O)[C@H](O)CO)O3)[C@H]2O)[C@@H](CO)O[C@H]1NC(=O)C[C@H](NC(C)=O)C(=O)NCC(=O)N[C@@H](CC(=O)N[C@@H]1O[C@H](CO)[C@@H](O[C@@H]2O[C@H](CO)[C@H](O)[C@H](O[C@]3(C(=O)O)C[C@H](O)[C@@H](NC(C)=O)[C@H]([C@H](O)[C@H](O)CO)O3)[C@H]2O)[C@H](O[C@@H]2O[C@@H](C)[C@@H](O)[C@@H](O)[C@@H]2O)[C@H]1NC(C)=O)C(=O)OC(C)(C)C. The number of carbonyl (C=O) groups is 12. The van der Waals surface area contributed by atoms with Gasteiger partial charge in [-0.3, -0.25) is 43.2 Å². The predicted octanol–water partition coefficient (Wildman–Crippen LogP) is -20.0. The number of carboxylic acid groups (broad SMARTS) is 2. The van der Waals surface area contributed by atoms with Gasteiger partial charge in [-0.25, -0.2) is 14.4 Å². The molecule has 0 aromatic carbocycles. The molecular formula is C78H127N9O51. The zero-order chi connectivity index (χ0) is 103. The van der Waals surface area contributed by atoms with Crippen molar-refractivity contribution in [2.75, 3.05) is 46.2 Å². The van der Waals surface area contributed by atoms with Crippen molar-refractivity contribution < 1.29 is 251 Å². The molecule has 8 rings (SSSR count). The summed E-state index contributed by atoms with van der Waals surface area (Å²) in [5, 5.41) is 285. The Hall–Kier alpha value is -7.80. The molecule has 790 valence electrons. The molecule has 60 heteroatoms. The van der Waals surface area contributed by atoms with Crippen LogP contribution in [0.15, 0.2) is 0 Å². The smallest absolute Gasteiger partial charge is 0.364 e. The number of aliphatic hydroxyl groups is 22. The van der Waals surface area contributed by atoms with Gasteiger partial charge in [-0.2, -0.15) is 0 Å². The first kappa shape index (κ1) is 115. The van der Waals surface area contributed by atoms with Gasteiger partial charge in [0.2, 0.25) is 53.2 Å². The van der Waals surface area contributed by atoms with Crippen LogP contribution < -0.4 is 47.9 Å². The first-order valence-corrected chi connectivity index (χ1v) is 43.5. The summed E-state index contributed by atoms with van der Waals surface area (Å²) in [5.41, 5.74) is -1.44. The second kappa shape index (κ2) is 49.5. The van der Waals surface area contributed by atoms with Crippen LogP contribution in [0.5, 0.6) is 0 Å². The van der Waals surface area contributed by atoms with Gasteiger partial charge in [0.05, 0.1) is 95.5 Å². The van der Waals surface area contributed by atoms with Crippen LogP contribution in [0, 0.1) is 0 Å². The van der Waals surface area contributed by atoms with Gasteiger partial charge in [0.1, 0.15) is 188 Å². The Bertz CT molecular complexity index is 4120. The van der Waals surface area contributed by atoms with Crippen LogP contribution in [0.25, 0.3) is 0 Å². The predicted molar refractivity (Wildman–Crippen MR) is 435 cm³/mol. The molecule has 44 atom stereocenters. The third kappa shape index (κ3) is 28.0. The van der Waals surface area contributed by atoms with E-state index < -0.39 is 417 Å². The third-order valence-corrected chi connectivity index (χ3v) is 23.5. The second-order valence-corrected chi connectivity index (χ2v) is 35.3. The van der Waals surface area contributed by atoms with Crippen molar-refractivity contribution in [1.29, 1.82) is 0 Å². The van der Waals surface area contributed by atoms with Crippen molar-refractivity contribution in [1.82, 2.24) is 47.9 Å². The van der Waals surface area contributed by atoms with Gasteiger partial charge in [0.15, 0.2) is 37.6 Å². The molecule has 0 aromatic heterocycles. The molecule has 138 heavy (non-hydrogen) atoms. The lowest BCUT2D eigenvalue weighted by Gasteiger charge is -2.52. The Morgan fingerprint density at radius 2 is 0.725 bits per heavy atom. The van der Waals surface area contributed by atoms with Crippen molar-refractivity contribution in [3.63, 3.8) is 0 Å². The number of rotatable bonds is 40. The standard InChI is InChI=1S/C78H127N9O51/c1-22-46(106)52(112)54(114)70(124-22)132-62-44(83-27(6)97)67(126-37(20-92)58(62)130-72-56(116)64(50(110)35(18-90)128-72)136-77(74(120)121)13-31(99)42(81-25(4)95)60(134-77)48(108)33(101)16-88)86-39(103)11-29(80-24(3)94)66(118)79-15-41(105)85-30(69(119)138-76(8,9)10)12-40(104)87-68-45(84-28(7)98)63(133-71-55(115)53(113)47(107)23(2)125-71)59(38(21-93)127-68)131-73-57(117)65(51(111)36(19-91)129-73)137-78(75(122)123)14-32(100)43(82-26(5)96)61(135-78)49(109)34(102)17-89/h22-23,29-38,42-65,67-68,70-73,88-93,99-102,106-117H,11-21H2,1-10H3,(H,79,118)(H,80,94)(H,81,95)(H,82,96)(H,83,97)(H,84,98)(H,85,105)(H,86,103)(H,87,104)(H,120,121)(H,122,123)/t22-,23-,29-,30-,31-,32-,33+,34+,35+,36+,37+,38+,42+,43+,44+,45+,46+,47+,48+,49+,50-,51-,52+,53+,54-,55-,56+,57+,58+,59+,60+,61+,62+,63+,64-,65-,67+,68+,70-,71-,72-,73-,77-,78-/m0/s1. The topological polar surface area (TPSA) is 937 Å². The molecule has 8 saturated heterocycles. The summed E-state index contributed by atoms with van der Waals surface area (Å²) in [7, 11) is 0. The molecule has 0 unspecified atom stereocenters. The van der Waals surface area contributed by atoms with Gasteiger partial charge in [0, 0.05) is 47.5 Å². The maximum atomic E-state index is 14.7. The van der Waals surface area contributed by atoms with Gasteiger partial charge in [-0.05, 0) is 34.6 Å². The molecule has 0 aromatic rings. The fraction of sp³-hybridized carbons (Fsp3) is 0.846. The summed E-state index contributed by atoms with van der Waals surface area (Å²) in [5.74, 6) is -22.8. The number of nitrogens with one attached hydrogen (secondary N) is 9. The average Bonchev–Trinajstić information content (AvgIpc) is 0.752. The van der Waals surface area contributed by atoms with Crippen LogP contribution in [0.1, 0.15) is 94.9 Å². The number of aliphatic hydroxyl groups excluding tert-OH is 22. The lowest BCUT2D eigenvalue weighted by molar-refractivity contribution is -0.386. The first-order chi connectivity index (χ1) is 64.4. The minimum Gasteiger partial charge on any atom is -0.477 e. The summed E-state index contributed by atoms with van der Waals surface area (Å²) in [6, 6.07) is -11.8. The molecule has 9 amide bonds. The van der Waals surface area contributed by atoms with E-state index in [9.17, 15) is 180 Å². The molecule has 0 spiro atoms. The number of carbonyl (C=O) groups excluding carboxylic acids is 10. The highest BCUT2D eigenvalue weighted by molar-refractivity contribution is 5.95. The monoisotopic (exact) mass is 2010 g/mol. The minimum absolute atomic E-state index is 0.862. The van der Waals surface area contributed by atoms with Gasteiger partial charge in [-0.15, -0.1) is 0 Å². The summed E-state index contributed by atoms with van der Waals surface area (Å²) in [6.45, 7) is 2.20. The molecule has 8 aliphatic heterocycles. The summed E-state index contributed by atoms with van der Waals surface area (Å²) >= 11 is 0. The Balaban J connectivity index is 1.04. The van der Waals surface area contributed by atoms with Gasteiger partial charge < -0.3 is 241 Å². The number of ether oxygens (including phenoxy) is 15. The Morgan fingerprint density at radius 3 is 1.05 bits per heavy atom. The van der Waals surface area contributed by atoms with E-state index in [2.05, 4.69) is 47.9 Å². The van der Waals surface area contributed by atoms with E-state index in [0.717, 1.165) is 34.6 Å². The molecular weight excluding hydrogens is 1880 g/mol. The van der Waals surface area contributed by atoms with Crippen LogP contribution in [0.4, 0.5) is 0 Å². The highest BCUT2D eigenvalue weighted by atomic mass is 16.8. The highest BCUT2D eigenvalue weighted by Crippen LogP contribution is 2.43. The minimum atomic E-state index is -3.34. The summed E-state index contributed by atoms with van der Waals surface area (Å²) in [6.07, 6.45) is -82.7. The highest BCUT2D eigenvalue weighted by Gasteiger charge is 2.65. The van der Waals surface area contributed by atoms with Crippen LogP contribution >= 0.6 is 0 Å². The van der Waals surface area contributed by atoms with E-state index in [4.69, 9.17) is 71.1 Å². The van der Waals surface area contributed by atoms with E-state index in [-0.39, 0.29) is 0 Å². The van der Waals surface area contributed by atoms with Gasteiger partial charge in [-0.1, -0.05) is 0 Å². The molecule has 0 bridgehead atoms. The maximum absolute atomic E-state index is 14.7. The van der Waals surface area contributed by atoms with Crippen LogP contribution in [-0.2, 0) is 129 Å². The number of hydrogen-bond donors (Lipinski definition) is 33. The molecule has 8 fully saturated rings. The molecule has 8 heterocycles. The molecule has 0 saturated carbocycles. The quantitative estimate of drug-likeness (QED) is 0.0253. The molecule has 0 aliphatic carbocycles. The van der Waals surface area contributed by atoms with Crippen molar-refractivity contribution in [2.24, 2.45) is 0 Å². The molecule has 60 nitrogen and oxygen atoms in total. The van der Waals surface area contributed by atoms with Crippen LogP contribution in [0.3, 0.4) is 0 Å². The van der Waals surface area contributed by atoms with Gasteiger partial charge in [0.25, 0.3) is 11.6 Å². The normalized spacial score (nSPS) is 39.7. The van der Waals surface area contributed by atoms with Crippen LogP contribution in [-0.4, -0.2) is 514 Å². The largest absolute Gasteiger partial charge is 0.477 e. The van der Waals surface area contributed by atoms with Crippen LogP contribution in [0.2, 0.25) is 0 Å². The number of carboxylic acids is 2. The van der Waals surface area contributed by atoms with E-state index in [1.165, 1.54) is 34.6 Å². The number of hydrogen-bond acceptors (Lipinski definition) is 49. The molecule has 33 N–H and O–H groups in total. The van der Waals surface area contributed by atoms with Crippen molar-refractivity contribution in [2.45, 2.75) is 369 Å². The third-order valence-electron chi connectivity index (χ3n) is 23.5. The van der Waals surface area contributed by atoms with E-state index >= 15 is 0 Å². The number of amides is 9. The fourth-order valence-electron chi connectivity index (χ4n) is 16.6. The summed E-state index contributed by atoms with van der Waals surface area (Å²) < 4.78 is 88.5. The zero-order valence-electron chi connectivity index (χ0n) is 75.8. The van der Waals surface area contributed by atoms with Gasteiger partial charge >= 0.3 is 17.9 Å². The maximum Gasteiger partial charge on any atom is 0.364 e. The number of esters is 1. The lowest BCUT2D eigenvalue weighted by Crippen LogP contribution is -2.72. The Kier molecular flexibility index (Phi) is 41.4. The Labute approximate surface area is 782 Å². The van der Waals surface area contributed by atoms with E-state index in [1.54, 1.807) is 0 Å². The van der Waals surface area contributed by atoms with Crippen molar-refractivity contribution >= 4 is 71.1 Å². The van der Waals surface area contributed by atoms with E-state index in [1.807, 2.05) is 0 Å². The summed E-state index contributed by atoms with van der Waals surface area (Å²) in [4.78, 5) is 163. The molecule has 8 aliphatic rings. The Morgan fingerprint density at radius 1 is 0.384 bits per heavy atom. The lowest BCUT2D eigenvalue weighted by atomic mass is 9.88. The fourth-order valence-corrected chi connectivity index (χ4v) is 16.6. The van der Waals surface area contributed by atoms with Crippen molar-refractivity contribution in [3.8, 4) is 0 Å². The second-order valence-electron chi connectivity index (χ2n) is 35.3. The van der Waals surface area contributed by atoms with E-state index in [0.29, 0.717) is 0 Å². The molecule has 0 radical (unpaired) electrons. The number of aliphatic carboxylic acids is 2.